The first-order valence-electron chi connectivity index (χ1n) is 5.12. The molecule has 1 saturated carbocycles. The van der Waals surface area contributed by atoms with Crippen molar-refractivity contribution in [1.82, 2.24) is 5.32 Å². The van der Waals surface area contributed by atoms with Crippen molar-refractivity contribution < 1.29 is 0 Å². The van der Waals surface area contributed by atoms with Crippen molar-refractivity contribution in [1.29, 1.82) is 0 Å². The third-order valence-electron chi connectivity index (χ3n) is 2.81. The zero-order valence-corrected chi connectivity index (χ0v) is 8.06. The van der Waals surface area contributed by atoms with E-state index in [1.54, 1.807) is 0 Å². The van der Waals surface area contributed by atoms with E-state index in [-0.39, 0.29) is 0 Å². The van der Waals surface area contributed by atoms with Crippen LogP contribution in [0.15, 0.2) is 0 Å². The van der Waals surface area contributed by atoms with Gasteiger partial charge in [0.05, 0.1) is 0 Å². The van der Waals surface area contributed by atoms with Crippen molar-refractivity contribution in [2.45, 2.75) is 58.5 Å². The van der Waals surface area contributed by atoms with Crippen molar-refractivity contribution in [3.63, 3.8) is 0 Å². The van der Waals surface area contributed by atoms with Gasteiger partial charge in [-0.25, -0.2) is 0 Å². The Morgan fingerprint density at radius 2 is 1.91 bits per heavy atom. The molecule has 0 aromatic carbocycles. The molecule has 2 aliphatic rings. The van der Waals surface area contributed by atoms with E-state index in [2.05, 4.69) is 12.2 Å². The molecule has 0 amide bonds. The summed E-state index contributed by atoms with van der Waals surface area (Å²) in [5.41, 5.74) is 0. The first-order chi connectivity index (χ1) is 5.36. The van der Waals surface area contributed by atoms with E-state index in [9.17, 15) is 0 Å². The van der Waals surface area contributed by atoms with Gasteiger partial charge in [0.1, 0.15) is 0 Å². The van der Waals surface area contributed by atoms with Crippen LogP contribution in [0.1, 0.15) is 46.5 Å². The number of hydrogen-bond donors (Lipinski definition) is 1. The van der Waals surface area contributed by atoms with Crippen LogP contribution in [0.25, 0.3) is 0 Å². The maximum Gasteiger partial charge on any atom is 0.00983 e. The Balaban J connectivity index is 0.000000281. The summed E-state index contributed by atoms with van der Waals surface area (Å²) >= 11 is 0. The molecule has 66 valence electrons. The molecule has 11 heavy (non-hydrogen) atoms. The van der Waals surface area contributed by atoms with E-state index in [1.807, 2.05) is 13.8 Å². The molecule has 0 bridgehead atoms. The van der Waals surface area contributed by atoms with Crippen molar-refractivity contribution in [3.8, 4) is 0 Å². The molecule has 1 nitrogen and oxygen atoms in total. The Bertz CT molecular complexity index is 99.4. The molecule has 0 aromatic heterocycles. The third kappa shape index (κ3) is 1.96. The van der Waals surface area contributed by atoms with Gasteiger partial charge in [0.15, 0.2) is 0 Å². The van der Waals surface area contributed by atoms with E-state index < -0.39 is 0 Å². The van der Waals surface area contributed by atoms with E-state index in [0.717, 1.165) is 18.0 Å². The highest BCUT2D eigenvalue weighted by atomic mass is 15.0. The topological polar surface area (TPSA) is 12.0 Å². The van der Waals surface area contributed by atoms with Gasteiger partial charge in [0.2, 0.25) is 0 Å². The fourth-order valence-electron chi connectivity index (χ4n) is 2.43. The van der Waals surface area contributed by atoms with E-state index in [1.165, 1.54) is 25.7 Å². The van der Waals surface area contributed by atoms with Crippen LogP contribution in [-0.2, 0) is 0 Å². The predicted molar refractivity (Wildman–Crippen MR) is 49.7 cm³/mol. The van der Waals surface area contributed by atoms with E-state index >= 15 is 0 Å². The summed E-state index contributed by atoms with van der Waals surface area (Å²) in [6.07, 6.45) is 5.83. The van der Waals surface area contributed by atoms with Crippen molar-refractivity contribution >= 4 is 0 Å². The van der Waals surface area contributed by atoms with Gasteiger partial charge in [-0.15, -0.1) is 0 Å². The predicted octanol–water partition coefficient (Wildman–Crippen LogP) is 2.56. The van der Waals surface area contributed by atoms with Gasteiger partial charge >= 0.3 is 0 Å². The van der Waals surface area contributed by atoms with Crippen LogP contribution in [-0.4, -0.2) is 12.1 Å². The monoisotopic (exact) mass is 155 g/mol. The molecule has 1 aliphatic carbocycles. The van der Waals surface area contributed by atoms with Gasteiger partial charge < -0.3 is 5.32 Å². The van der Waals surface area contributed by atoms with Crippen LogP contribution in [0.3, 0.4) is 0 Å². The standard InChI is InChI=1S/C8H15N.C2H6/c1-6-5-7-3-2-4-8(7)9-6;1-2/h6-9H,2-5H2,1H3;1-2H3. The van der Waals surface area contributed by atoms with Crippen LogP contribution in [0.4, 0.5) is 0 Å². The Labute approximate surface area is 70.6 Å². The van der Waals surface area contributed by atoms with Crippen LogP contribution in [0, 0.1) is 5.92 Å². The minimum absolute atomic E-state index is 0.806. The average Bonchev–Trinajstić information content (AvgIpc) is 2.51. The summed E-state index contributed by atoms with van der Waals surface area (Å²) in [4.78, 5) is 0. The molecule has 2 fully saturated rings. The average molecular weight is 155 g/mol. The summed E-state index contributed by atoms with van der Waals surface area (Å²) in [5, 5.41) is 3.62. The minimum Gasteiger partial charge on any atom is -0.311 e. The lowest BCUT2D eigenvalue weighted by Gasteiger charge is -2.06. The highest BCUT2D eigenvalue weighted by molar-refractivity contribution is 4.92. The number of nitrogens with one attached hydrogen (secondary N) is 1. The Morgan fingerprint density at radius 3 is 2.55 bits per heavy atom. The van der Waals surface area contributed by atoms with Gasteiger partial charge in [-0.1, -0.05) is 20.3 Å². The first-order valence-corrected chi connectivity index (χ1v) is 5.12. The molecule has 1 N–H and O–H groups in total. The van der Waals surface area contributed by atoms with Crippen LogP contribution < -0.4 is 5.32 Å². The maximum atomic E-state index is 3.62. The zero-order valence-electron chi connectivity index (χ0n) is 8.06. The number of hydrogen-bond acceptors (Lipinski definition) is 1. The highest BCUT2D eigenvalue weighted by Gasteiger charge is 2.34. The molecule has 3 atom stereocenters. The summed E-state index contributed by atoms with van der Waals surface area (Å²) < 4.78 is 0. The second-order valence-electron chi connectivity index (χ2n) is 3.60. The molecule has 1 aliphatic heterocycles. The summed E-state index contributed by atoms with van der Waals surface area (Å²) in [5.74, 6) is 1.04. The second-order valence-corrected chi connectivity index (χ2v) is 3.60. The van der Waals surface area contributed by atoms with Gasteiger partial charge in [-0.2, -0.15) is 0 Å². The zero-order chi connectivity index (χ0) is 8.27. The van der Waals surface area contributed by atoms with Crippen LogP contribution in [0.2, 0.25) is 0 Å². The maximum absolute atomic E-state index is 3.62. The molecule has 0 radical (unpaired) electrons. The lowest BCUT2D eigenvalue weighted by Crippen LogP contribution is -2.26. The lowest BCUT2D eigenvalue weighted by molar-refractivity contribution is 0.518. The van der Waals surface area contributed by atoms with Gasteiger partial charge in [0, 0.05) is 12.1 Å². The lowest BCUT2D eigenvalue weighted by atomic mass is 10.0. The van der Waals surface area contributed by atoms with Gasteiger partial charge in [0.25, 0.3) is 0 Å². The van der Waals surface area contributed by atoms with Crippen molar-refractivity contribution in [2.24, 2.45) is 5.92 Å². The summed E-state index contributed by atoms with van der Waals surface area (Å²) in [7, 11) is 0. The molecule has 1 heteroatoms. The van der Waals surface area contributed by atoms with E-state index in [0.29, 0.717) is 0 Å². The largest absolute Gasteiger partial charge is 0.311 e. The third-order valence-corrected chi connectivity index (χ3v) is 2.81. The molecule has 0 aromatic rings. The SMILES string of the molecule is CC.CC1CC2CCCC2N1. The highest BCUT2D eigenvalue weighted by Crippen LogP contribution is 2.34. The molecule has 2 rings (SSSR count). The summed E-state index contributed by atoms with van der Waals surface area (Å²) in [6.45, 7) is 6.30. The smallest absolute Gasteiger partial charge is 0.00983 e. The molecule has 1 saturated heterocycles. The number of fused-ring (bicyclic) bond motifs is 1. The first kappa shape index (κ1) is 9.05. The quantitative estimate of drug-likeness (QED) is 0.567. The van der Waals surface area contributed by atoms with Crippen molar-refractivity contribution in [3.05, 3.63) is 0 Å². The van der Waals surface area contributed by atoms with Crippen molar-refractivity contribution in [2.75, 3.05) is 0 Å². The Hall–Kier alpha value is -0.0400. The molecule has 3 unspecified atom stereocenters. The number of rotatable bonds is 0. The Kier molecular flexibility index (Phi) is 3.38. The molecule has 0 spiro atoms. The van der Waals surface area contributed by atoms with E-state index in [4.69, 9.17) is 0 Å². The molecule has 1 heterocycles. The normalized spacial score (nSPS) is 41.2. The fourth-order valence-corrected chi connectivity index (χ4v) is 2.43. The second kappa shape index (κ2) is 4.10. The minimum atomic E-state index is 0.806. The summed E-state index contributed by atoms with van der Waals surface area (Å²) in [6, 6.07) is 1.71. The van der Waals surface area contributed by atoms with Crippen LogP contribution >= 0.6 is 0 Å². The van der Waals surface area contributed by atoms with Gasteiger partial charge in [-0.05, 0) is 32.1 Å². The molecular formula is C10H21N. The molecular weight excluding hydrogens is 134 g/mol. The van der Waals surface area contributed by atoms with Gasteiger partial charge in [-0.3, -0.25) is 0 Å². The Morgan fingerprint density at radius 1 is 1.18 bits per heavy atom. The fraction of sp³-hybridized carbons (Fsp3) is 1.00. The van der Waals surface area contributed by atoms with Crippen LogP contribution in [0.5, 0.6) is 0 Å².